The number of pyridine rings is 1. The van der Waals surface area contributed by atoms with E-state index >= 15 is 0 Å². The molecule has 24 heavy (non-hydrogen) atoms. The first-order valence-electron chi connectivity index (χ1n) is 8.68. The van der Waals surface area contributed by atoms with Gasteiger partial charge in [-0.3, -0.25) is 9.88 Å². The SMILES string of the molecule is C=CC1CN2CCC1C[C@H]2[C@H](O)c1ccnc2ccc(OC)cc12. The van der Waals surface area contributed by atoms with Crippen molar-refractivity contribution in [3.63, 3.8) is 0 Å². The molecule has 5 atom stereocenters. The highest BCUT2D eigenvalue weighted by Gasteiger charge is 2.42. The minimum Gasteiger partial charge on any atom is -0.497 e. The summed E-state index contributed by atoms with van der Waals surface area (Å²) >= 11 is 0. The molecule has 2 bridgehead atoms. The third-order valence-electron chi connectivity index (χ3n) is 5.82. The average molecular weight is 324 g/mol. The molecule has 5 rings (SSSR count). The zero-order valence-electron chi connectivity index (χ0n) is 14.1. The van der Waals surface area contributed by atoms with Gasteiger partial charge in [-0.25, -0.2) is 0 Å². The molecule has 1 N–H and O–H groups in total. The number of aliphatic hydroxyl groups is 1. The Labute approximate surface area is 142 Å². The van der Waals surface area contributed by atoms with Crippen molar-refractivity contribution in [2.45, 2.75) is 25.0 Å². The van der Waals surface area contributed by atoms with Gasteiger partial charge in [0.1, 0.15) is 5.75 Å². The Bertz CT molecular complexity index is 760. The highest BCUT2D eigenvalue weighted by Crippen LogP contribution is 2.42. The van der Waals surface area contributed by atoms with Gasteiger partial charge in [0.2, 0.25) is 0 Å². The van der Waals surface area contributed by atoms with Crippen molar-refractivity contribution in [3.05, 3.63) is 48.7 Å². The van der Waals surface area contributed by atoms with Crippen molar-refractivity contribution in [1.82, 2.24) is 9.88 Å². The van der Waals surface area contributed by atoms with Crippen LogP contribution in [0.2, 0.25) is 0 Å². The first kappa shape index (κ1) is 15.6. The number of piperidine rings is 3. The van der Waals surface area contributed by atoms with Gasteiger partial charge in [0, 0.05) is 24.2 Å². The lowest BCUT2D eigenvalue weighted by Crippen LogP contribution is -2.54. The Balaban J connectivity index is 1.69. The van der Waals surface area contributed by atoms with Crippen LogP contribution in [-0.2, 0) is 0 Å². The van der Waals surface area contributed by atoms with Crippen LogP contribution in [0.5, 0.6) is 5.75 Å². The molecule has 0 aliphatic carbocycles. The average Bonchev–Trinajstić information content (AvgIpc) is 2.66. The fourth-order valence-electron chi connectivity index (χ4n) is 4.44. The van der Waals surface area contributed by atoms with E-state index in [1.807, 2.05) is 24.3 Å². The van der Waals surface area contributed by atoms with Crippen LogP contribution in [0.3, 0.4) is 0 Å². The van der Waals surface area contributed by atoms with Crippen molar-refractivity contribution in [1.29, 1.82) is 0 Å². The van der Waals surface area contributed by atoms with Gasteiger partial charge in [-0.1, -0.05) is 6.08 Å². The summed E-state index contributed by atoms with van der Waals surface area (Å²) in [5.74, 6) is 2.01. The smallest absolute Gasteiger partial charge is 0.119 e. The molecule has 0 radical (unpaired) electrons. The Morgan fingerprint density at radius 2 is 2.29 bits per heavy atom. The third kappa shape index (κ3) is 2.50. The first-order valence-corrected chi connectivity index (χ1v) is 8.68. The second kappa shape index (κ2) is 6.19. The van der Waals surface area contributed by atoms with Crippen LogP contribution in [-0.4, -0.2) is 41.2 Å². The van der Waals surface area contributed by atoms with E-state index in [1.54, 1.807) is 13.3 Å². The fraction of sp³-hybridized carbons (Fsp3) is 0.450. The quantitative estimate of drug-likeness (QED) is 0.878. The lowest BCUT2D eigenvalue weighted by atomic mass is 9.73. The maximum atomic E-state index is 11.2. The van der Waals surface area contributed by atoms with E-state index in [0.29, 0.717) is 11.8 Å². The third-order valence-corrected chi connectivity index (χ3v) is 5.82. The van der Waals surface area contributed by atoms with E-state index in [2.05, 4.69) is 22.5 Å². The number of aromatic nitrogens is 1. The van der Waals surface area contributed by atoms with Gasteiger partial charge in [0.05, 0.1) is 18.7 Å². The number of ether oxygens (including phenoxy) is 1. The van der Waals surface area contributed by atoms with Gasteiger partial charge in [-0.05, 0) is 61.1 Å². The number of hydrogen-bond acceptors (Lipinski definition) is 4. The van der Waals surface area contributed by atoms with Gasteiger partial charge in [-0.15, -0.1) is 6.58 Å². The van der Waals surface area contributed by atoms with Gasteiger partial charge in [0.25, 0.3) is 0 Å². The van der Waals surface area contributed by atoms with Crippen LogP contribution >= 0.6 is 0 Å². The molecule has 0 spiro atoms. The van der Waals surface area contributed by atoms with E-state index in [9.17, 15) is 5.11 Å². The van der Waals surface area contributed by atoms with Crippen LogP contribution in [0, 0.1) is 11.8 Å². The summed E-state index contributed by atoms with van der Waals surface area (Å²) in [6, 6.07) is 7.96. The molecule has 0 saturated carbocycles. The molecular weight excluding hydrogens is 300 g/mol. The molecule has 3 fully saturated rings. The second-order valence-corrected chi connectivity index (χ2v) is 6.97. The Morgan fingerprint density at radius 3 is 3.00 bits per heavy atom. The predicted molar refractivity (Wildman–Crippen MR) is 95.0 cm³/mol. The lowest BCUT2D eigenvalue weighted by Gasteiger charge is -2.50. The largest absolute Gasteiger partial charge is 0.497 e. The van der Waals surface area contributed by atoms with Gasteiger partial charge < -0.3 is 9.84 Å². The first-order chi connectivity index (χ1) is 11.7. The molecule has 3 saturated heterocycles. The van der Waals surface area contributed by atoms with E-state index < -0.39 is 6.10 Å². The molecule has 4 heterocycles. The van der Waals surface area contributed by atoms with E-state index in [4.69, 9.17) is 4.74 Å². The summed E-state index contributed by atoms with van der Waals surface area (Å²) in [6.45, 7) is 6.07. The molecular formula is C20H24N2O2. The maximum absolute atomic E-state index is 11.2. The second-order valence-electron chi connectivity index (χ2n) is 6.97. The van der Waals surface area contributed by atoms with Crippen molar-refractivity contribution in [2.24, 2.45) is 11.8 Å². The number of benzene rings is 1. The molecule has 1 aromatic carbocycles. The summed E-state index contributed by atoms with van der Waals surface area (Å²) in [6.07, 6.45) is 5.62. The highest BCUT2D eigenvalue weighted by molar-refractivity contribution is 5.83. The molecule has 1 aromatic heterocycles. The van der Waals surface area contributed by atoms with E-state index in [1.165, 1.54) is 6.42 Å². The van der Waals surface area contributed by atoms with Gasteiger partial charge in [-0.2, -0.15) is 0 Å². The summed E-state index contributed by atoms with van der Waals surface area (Å²) in [7, 11) is 1.66. The maximum Gasteiger partial charge on any atom is 0.119 e. The van der Waals surface area contributed by atoms with Crippen LogP contribution < -0.4 is 4.74 Å². The number of fused-ring (bicyclic) bond motifs is 4. The zero-order chi connectivity index (χ0) is 16.7. The minimum atomic E-state index is -0.504. The van der Waals surface area contributed by atoms with Crippen LogP contribution in [0.25, 0.3) is 10.9 Å². The van der Waals surface area contributed by atoms with Crippen molar-refractivity contribution < 1.29 is 9.84 Å². The Morgan fingerprint density at radius 1 is 1.42 bits per heavy atom. The van der Waals surface area contributed by atoms with Crippen LogP contribution in [0.1, 0.15) is 24.5 Å². The molecule has 126 valence electrons. The van der Waals surface area contributed by atoms with Crippen molar-refractivity contribution in [2.75, 3.05) is 20.2 Å². The van der Waals surface area contributed by atoms with E-state index in [-0.39, 0.29) is 6.04 Å². The number of methoxy groups -OCH3 is 1. The number of rotatable bonds is 4. The minimum absolute atomic E-state index is 0.178. The molecule has 3 aliphatic heterocycles. The Kier molecular flexibility index (Phi) is 4.02. The molecule has 3 unspecified atom stereocenters. The fourth-order valence-corrected chi connectivity index (χ4v) is 4.44. The number of nitrogens with zero attached hydrogens (tertiary/aromatic N) is 2. The van der Waals surface area contributed by atoms with Crippen molar-refractivity contribution in [3.8, 4) is 5.75 Å². The molecule has 3 aliphatic rings. The monoisotopic (exact) mass is 324 g/mol. The van der Waals surface area contributed by atoms with E-state index in [0.717, 1.165) is 41.7 Å². The number of hydrogen-bond donors (Lipinski definition) is 1. The van der Waals surface area contributed by atoms with Gasteiger partial charge >= 0.3 is 0 Å². The van der Waals surface area contributed by atoms with Crippen LogP contribution in [0.15, 0.2) is 43.1 Å². The molecule has 2 aromatic rings. The Hall–Kier alpha value is -1.91. The summed E-state index contributed by atoms with van der Waals surface area (Å²) < 4.78 is 5.35. The highest BCUT2D eigenvalue weighted by atomic mass is 16.5. The summed E-state index contributed by atoms with van der Waals surface area (Å²) in [4.78, 5) is 6.86. The lowest BCUT2D eigenvalue weighted by molar-refractivity contribution is -0.0444. The molecule has 4 heteroatoms. The number of aliphatic hydroxyl groups excluding tert-OH is 1. The molecule has 4 nitrogen and oxygen atoms in total. The van der Waals surface area contributed by atoms with Crippen molar-refractivity contribution >= 4 is 10.9 Å². The standard InChI is InChI=1S/C20H24N2O2/c1-3-13-12-22-9-7-14(13)10-19(22)20(23)16-6-8-21-18-5-4-15(24-2)11-17(16)18/h3-6,8,11,13-14,19-20,23H,1,7,9-10,12H2,2H3/t13?,14?,19-,20+/m0/s1. The predicted octanol–water partition coefficient (Wildman–Crippen LogP) is 3.17. The normalized spacial score (nSPS) is 30.2. The summed E-state index contributed by atoms with van der Waals surface area (Å²) in [5, 5.41) is 12.1. The molecule has 0 amide bonds. The zero-order valence-corrected chi connectivity index (χ0v) is 14.1. The summed E-state index contributed by atoms with van der Waals surface area (Å²) in [5.41, 5.74) is 1.85. The van der Waals surface area contributed by atoms with Crippen LogP contribution in [0.4, 0.5) is 0 Å². The topological polar surface area (TPSA) is 45.6 Å². The van der Waals surface area contributed by atoms with Gasteiger partial charge in [0.15, 0.2) is 0 Å².